The van der Waals surface area contributed by atoms with Crippen molar-refractivity contribution < 1.29 is 8.42 Å². The molecule has 1 aliphatic rings. The Morgan fingerprint density at radius 2 is 2.15 bits per heavy atom. The fourth-order valence-corrected chi connectivity index (χ4v) is 4.24. The average Bonchev–Trinajstić information content (AvgIpc) is 2.85. The third-order valence-electron chi connectivity index (χ3n) is 3.99. The van der Waals surface area contributed by atoms with E-state index in [0.29, 0.717) is 11.6 Å². The number of aromatic nitrogens is 4. The first-order chi connectivity index (χ1) is 13.0. The lowest BCUT2D eigenvalue weighted by Gasteiger charge is -2.07. The highest BCUT2D eigenvalue weighted by atomic mass is 32.2. The number of pyridine rings is 1. The fraction of sp³-hybridized carbons (Fsp3) is 0.278. The van der Waals surface area contributed by atoms with Crippen LogP contribution in [0.1, 0.15) is 18.3 Å². The van der Waals surface area contributed by atoms with Crippen molar-refractivity contribution in [3.05, 3.63) is 71.2 Å². The maximum atomic E-state index is 12.5. The van der Waals surface area contributed by atoms with E-state index < -0.39 is 10.0 Å². The quantitative estimate of drug-likeness (QED) is 0.715. The van der Waals surface area contributed by atoms with Crippen molar-refractivity contribution in [1.29, 1.82) is 0 Å². The summed E-state index contributed by atoms with van der Waals surface area (Å²) >= 11 is 1.53. The maximum Gasteiger partial charge on any atom is 0.240 e. The normalized spacial score (nSPS) is 17.0. The Morgan fingerprint density at radius 1 is 1.30 bits per heavy atom. The zero-order valence-electron chi connectivity index (χ0n) is 15.1. The van der Waals surface area contributed by atoms with Crippen LogP contribution in [-0.4, -0.2) is 28.2 Å². The molecule has 1 N–H and O–H groups in total. The zero-order chi connectivity index (χ0) is 19.3. The average molecular weight is 404 g/mol. The van der Waals surface area contributed by atoms with Gasteiger partial charge in [-0.25, -0.2) is 13.1 Å². The third-order valence-corrected chi connectivity index (χ3v) is 6.49. The van der Waals surface area contributed by atoms with Gasteiger partial charge in [0.05, 0.1) is 11.4 Å². The molecule has 0 spiro atoms. The lowest BCUT2D eigenvalue weighted by molar-refractivity contribution is 0.584. The van der Waals surface area contributed by atoms with Crippen molar-refractivity contribution in [3.63, 3.8) is 0 Å². The van der Waals surface area contributed by atoms with Crippen molar-refractivity contribution in [2.75, 3.05) is 0 Å². The Balaban J connectivity index is 1.63. The van der Waals surface area contributed by atoms with E-state index >= 15 is 0 Å². The first-order valence-corrected chi connectivity index (χ1v) is 10.9. The summed E-state index contributed by atoms with van der Waals surface area (Å²) in [5.41, 5.74) is 1.09. The fourth-order valence-electron chi connectivity index (χ4n) is 2.37. The highest BCUT2D eigenvalue weighted by Crippen LogP contribution is 2.21. The van der Waals surface area contributed by atoms with Crippen LogP contribution in [0.15, 0.2) is 65.0 Å². The third kappa shape index (κ3) is 5.15. The van der Waals surface area contributed by atoms with E-state index in [-0.39, 0.29) is 17.4 Å². The van der Waals surface area contributed by atoms with Crippen molar-refractivity contribution in [1.82, 2.24) is 24.5 Å². The SMILES string of the molecule is CC1C=CC=C(S(=O)(=O)NCc2nnc(SCc3cccnc3)n2C)C=C1. The molecule has 7 nitrogen and oxygen atoms in total. The van der Waals surface area contributed by atoms with Crippen LogP contribution in [0.25, 0.3) is 0 Å². The van der Waals surface area contributed by atoms with Gasteiger partial charge in [0.1, 0.15) is 5.82 Å². The predicted molar refractivity (Wildman–Crippen MR) is 106 cm³/mol. The number of rotatable bonds is 7. The molecule has 0 saturated heterocycles. The minimum absolute atomic E-state index is 0.0731. The van der Waals surface area contributed by atoms with Gasteiger partial charge in [-0.1, -0.05) is 43.0 Å². The van der Waals surface area contributed by atoms with Gasteiger partial charge in [0, 0.05) is 25.2 Å². The van der Waals surface area contributed by atoms with Gasteiger partial charge >= 0.3 is 0 Å². The lowest BCUT2D eigenvalue weighted by Crippen LogP contribution is -2.25. The second-order valence-corrected chi connectivity index (χ2v) is 8.81. The molecule has 142 valence electrons. The first kappa shape index (κ1) is 19.5. The Bertz CT molecular complexity index is 978. The summed E-state index contributed by atoms with van der Waals surface area (Å²) in [5, 5.41) is 8.98. The summed E-state index contributed by atoms with van der Waals surface area (Å²) in [6, 6.07) is 3.88. The van der Waals surface area contributed by atoms with E-state index in [9.17, 15) is 8.42 Å². The van der Waals surface area contributed by atoms with Gasteiger partial charge in [0.15, 0.2) is 5.16 Å². The van der Waals surface area contributed by atoms with Gasteiger partial charge in [0.2, 0.25) is 10.0 Å². The molecule has 27 heavy (non-hydrogen) atoms. The molecule has 0 amide bonds. The first-order valence-electron chi connectivity index (χ1n) is 8.42. The molecule has 1 unspecified atom stereocenters. The summed E-state index contributed by atoms with van der Waals surface area (Å²) in [6.45, 7) is 2.07. The minimum atomic E-state index is -3.61. The van der Waals surface area contributed by atoms with Crippen molar-refractivity contribution in [2.24, 2.45) is 13.0 Å². The number of nitrogens with one attached hydrogen (secondary N) is 1. The zero-order valence-corrected chi connectivity index (χ0v) is 16.7. The smallest absolute Gasteiger partial charge is 0.240 e. The molecular weight excluding hydrogens is 382 g/mol. The molecule has 1 aliphatic carbocycles. The van der Waals surface area contributed by atoms with Gasteiger partial charge in [0.25, 0.3) is 0 Å². The van der Waals surface area contributed by atoms with E-state index in [1.165, 1.54) is 11.8 Å². The molecule has 1 atom stereocenters. The summed E-state index contributed by atoms with van der Waals surface area (Å²) in [4.78, 5) is 4.32. The number of hydrogen-bond donors (Lipinski definition) is 1. The predicted octanol–water partition coefficient (Wildman–Crippen LogP) is 2.57. The standard InChI is InChI=1S/C18H21N5O2S2/c1-14-5-3-7-16(9-8-14)27(24,25)20-12-17-21-22-18(23(17)2)26-13-15-6-4-10-19-11-15/h3-11,14,20H,12-13H2,1-2H3. The molecule has 0 aromatic carbocycles. The van der Waals surface area contributed by atoms with Gasteiger partial charge in [-0.3, -0.25) is 4.98 Å². The van der Waals surface area contributed by atoms with Crippen LogP contribution in [-0.2, 0) is 29.4 Å². The Morgan fingerprint density at radius 3 is 2.93 bits per heavy atom. The van der Waals surface area contributed by atoms with Crippen LogP contribution < -0.4 is 4.72 Å². The van der Waals surface area contributed by atoms with Crippen molar-refractivity contribution in [3.8, 4) is 0 Å². The largest absolute Gasteiger partial charge is 0.308 e. The van der Waals surface area contributed by atoms with Crippen LogP contribution in [0.3, 0.4) is 0 Å². The number of nitrogens with zero attached hydrogens (tertiary/aromatic N) is 4. The van der Waals surface area contributed by atoms with E-state index in [1.807, 2.05) is 44.5 Å². The lowest BCUT2D eigenvalue weighted by atomic mass is 10.2. The minimum Gasteiger partial charge on any atom is -0.308 e. The molecule has 0 aliphatic heterocycles. The van der Waals surface area contributed by atoms with Crippen molar-refractivity contribution >= 4 is 21.8 Å². The summed E-state index contributed by atoms with van der Waals surface area (Å²) in [5.74, 6) is 1.47. The number of hydrogen-bond acceptors (Lipinski definition) is 6. The second kappa shape index (κ2) is 8.64. The summed E-state index contributed by atoms with van der Waals surface area (Å²) in [6.07, 6.45) is 12.3. The van der Waals surface area contributed by atoms with E-state index in [1.54, 1.807) is 29.0 Å². The Kier molecular flexibility index (Phi) is 6.25. The molecule has 0 saturated carbocycles. The summed E-state index contributed by atoms with van der Waals surface area (Å²) < 4.78 is 29.4. The molecular formula is C18H21N5O2S2. The molecule has 2 heterocycles. The molecule has 0 radical (unpaired) electrons. The molecule has 9 heteroatoms. The van der Waals surface area contributed by atoms with E-state index in [0.717, 1.165) is 10.7 Å². The van der Waals surface area contributed by atoms with Gasteiger partial charge < -0.3 is 4.57 Å². The van der Waals surface area contributed by atoms with Crippen molar-refractivity contribution in [2.45, 2.75) is 24.4 Å². The molecule has 3 rings (SSSR count). The Hall–Kier alpha value is -2.23. The number of allylic oxidation sites excluding steroid dienone is 5. The molecule has 0 bridgehead atoms. The van der Waals surface area contributed by atoms with Gasteiger partial charge in [-0.2, -0.15) is 0 Å². The topological polar surface area (TPSA) is 89.8 Å². The van der Waals surface area contributed by atoms with Gasteiger partial charge in [-0.15, -0.1) is 10.2 Å². The van der Waals surface area contributed by atoms with E-state index in [4.69, 9.17) is 0 Å². The molecule has 0 fully saturated rings. The monoisotopic (exact) mass is 403 g/mol. The van der Waals surface area contributed by atoms with Crippen LogP contribution in [0.5, 0.6) is 0 Å². The number of thioether (sulfide) groups is 1. The van der Waals surface area contributed by atoms with Gasteiger partial charge in [-0.05, 0) is 29.7 Å². The van der Waals surface area contributed by atoms with Crippen LogP contribution in [0.4, 0.5) is 0 Å². The van der Waals surface area contributed by atoms with Crippen LogP contribution in [0.2, 0.25) is 0 Å². The molecule has 2 aromatic heterocycles. The number of sulfonamides is 1. The highest BCUT2D eigenvalue weighted by Gasteiger charge is 2.18. The highest BCUT2D eigenvalue weighted by molar-refractivity contribution is 7.98. The Labute approximate surface area is 163 Å². The summed E-state index contributed by atoms with van der Waals surface area (Å²) in [7, 11) is -1.79. The van der Waals surface area contributed by atoms with E-state index in [2.05, 4.69) is 19.9 Å². The maximum absolute atomic E-state index is 12.5. The van der Waals surface area contributed by atoms with Crippen LogP contribution >= 0.6 is 11.8 Å². The van der Waals surface area contributed by atoms with Crippen LogP contribution in [0, 0.1) is 5.92 Å². The second-order valence-electron chi connectivity index (χ2n) is 6.10. The molecule has 2 aromatic rings.